The summed E-state index contributed by atoms with van der Waals surface area (Å²) in [7, 11) is 0. The van der Waals surface area contributed by atoms with Crippen LogP contribution >= 0.6 is 23.2 Å². The normalized spacial score (nSPS) is 12.4. The number of β-amino-alcohol motifs (C(OH)–C–C–N with tert-alkyl or cyclic N) is 1. The minimum absolute atomic E-state index is 0.103. The second-order valence-electron chi connectivity index (χ2n) is 9.21. The lowest BCUT2D eigenvalue weighted by molar-refractivity contribution is -0.120. The second-order valence-corrected chi connectivity index (χ2v) is 10.0. The summed E-state index contributed by atoms with van der Waals surface area (Å²) in [6.45, 7) is 4.54. The van der Waals surface area contributed by atoms with Gasteiger partial charge in [0.2, 0.25) is 5.91 Å². The zero-order valence-corrected chi connectivity index (χ0v) is 21.2. The van der Waals surface area contributed by atoms with E-state index in [0.29, 0.717) is 27.6 Å². The topological polar surface area (TPSA) is 102 Å². The van der Waals surface area contributed by atoms with Gasteiger partial charge in [0, 0.05) is 40.3 Å². The minimum Gasteiger partial charge on any atom is -0.508 e. The molecule has 5 N–H and O–H groups in total. The molecule has 6 nitrogen and oxygen atoms in total. The molecule has 0 saturated heterocycles. The number of rotatable bonds is 10. The number of nitrogens with one attached hydrogen (secondary N) is 2. The van der Waals surface area contributed by atoms with Crippen molar-refractivity contribution in [3.8, 4) is 11.5 Å². The quantitative estimate of drug-likeness (QED) is 0.263. The Morgan fingerprint density at radius 2 is 1.54 bits per heavy atom. The number of carbonyl (C=O) groups excluding carboxylic acids is 1. The van der Waals surface area contributed by atoms with Crippen molar-refractivity contribution in [1.29, 1.82) is 0 Å². The van der Waals surface area contributed by atoms with Crippen LogP contribution in [0.4, 0.5) is 0 Å². The molecule has 3 rings (SSSR count). The highest BCUT2D eigenvalue weighted by molar-refractivity contribution is 6.36. The van der Waals surface area contributed by atoms with Gasteiger partial charge in [-0.1, -0.05) is 53.5 Å². The number of phenolic OH excluding ortho intramolecular Hbond substituents is 2. The fourth-order valence-electron chi connectivity index (χ4n) is 3.86. The summed E-state index contributed by atoms with van der Waals surface area (Å²) in [6, 6.07) is 17.1. The summed E-state index contributed by atoms with van der Waals surface area (Å²) >= 11 is 12.3. The summed E-state index contributed by atoms with van der Waals surface area (Å²) in [5.74, 6) is -0.337. The Labute approximate surface area is 215 Å². The summed E-state index contributed by atoms with van der Waals surface area (Å²) in [6.07, 6.45) is -0.00644. The van der Waals surface area contributed by atoms with Gasteiger partial charge in [0.1, 0.15) is 11.5 Å². The summed E-state index contributed by atoms with van der Waals surface area (Å²) in [4.78, 5) is 12.5. The SMILES string of the molecule is CC(C)(Cc1cccc(CC(=O)NCc2c(Cl)cccc2Cl)c1)NCC(O)c1cc(O)cc(O)c1. The van der Waals surface area contributed by atoms with Gasteiger partial charge in [-0.05, 0) is 61.2 Å². The molecule has 0 radical (unpaired) electrons. The van der Waals surface area contributed by atoms with Gasteiger partial charge in [-0.2, -0.15) is 0 Å². The molecule has 3 aromatic rings. The van der Waals surface area contributed by atoms with Crippen LogP contribution in [0.3, 0.4) is 0 Å². The first-order chi connectivity index (χ1) is 16.5. The number of halogens is 2. The van der Waals surface area contributed by atoms with Gasteiger partial charge in [-0.15, -0.1) is 0 Å². The molecule has 0 aliphatic heterocycles. The van der Waals surface area contributed by atoms with E-state index in [9.17, 15) is 20.1 Å². The van der Waals surface area contributed by atoms with Gasteiger partial charge in [0.25, 0.3) is 0 Å². The van der Waals surface area contributed by atoms with Crippen molar-refractivity contribution >= 4 is 29.1 Å². The zero-order chi connectivity index (χ0) is 25.6. The van der Waals surface area contributed by atoms with E-state index in [1.165, 1.54) is 18.2 Å². The molecule has 0 fully saturated rings. The molecule has 186 valence electrons. The largest absolute Gasteiger partial charge is 0.508 e. The van der Waals surface area contributed by atoms with Crippen molar-refractivity contribution in [2.75, 3.05) is 6.54 Å². The van der Waals surface area contributed by atoms with E-state index in [1.807, 2.05) is 38.1 Å². The molecule has 1 unspecified atom stereocenters. The van der Waals surface area contributed by atoms with E-state index in [2.05, 4.69) is 10.6 Å². The predicted molar refractivity (Wildman–Crippen MR) is 139 cm³/mol. The number of carbonyl (C=O) groups is 1. The number of aromatic hydroxyl groups is 2. The molecule has 0 spiro atoms. The van der Waals surface area contributed by atoms with Crippen LogP contribution in [0, 0.1) is 0 Å². The van der Waals surface area contributed by atoms with Crippen molar-refractivity contribution in [3.63, 3.8) is 0 Å². The van der Waals surface area contributed by atoms with Crippen molar-refractivity contribution < 1.29 is 20.1 Å². The van der Waals surface area contributed by atoms with E-state index in [4.69, 9.17) is 23.2 Å². The molecule has 8 heteroatoms. The van der Waals surface area contributed by atoms with Gasteiger partial charge >= 0.3 is 0 Å². The van der Waals surface area contributed by atoms with Crippen LogP contribution in [0.15, 0.2) is 60.7 Å². The molecule has 0 bridgehead atoms. The second kappa shape index (κ2) is 11.8. The zero-order valence-electron chi connectivity index (χ0n) is 19.7. The highest BCUT2D eigenvalue weighted by Gasteiger charge is 2.21. The highest BCUT2D eigenvalue weighted by Crippen LogP contribution is 2.26. The number of aliphatic hydroxyl groups excluding tert-OH is 1. The molecule has 1 atom stereocenters. The van der Waals surface area contributed by atoms with Crippen LogP contribution in [-0.4, -0.2) is 33.3 Å². The maximum atomic E-state index is 12.5. The maximum Gasteiger partial charge on any atom is 0.224 e. The number of hydrogen-bond acceptors (Lipinski definition) is 5. The van der Waals surface area contributed by atoms with Gasteiger partial charge in [0.15, 0.2) is 0 Å². The molecule has 0 aromatic heterocycles. The van der Waals surface area contributed by atoms with Crippen LogP contribution in [0.5, 0.6) is 11.5 Å². The highest BCUT2D eigenvalue weighted by atomic mass is 35.5. The Morgan fingerprint density at radius 3 is 2.20 bits per heavy atom. The maximum absolute atomic E-state index is 12.5. The fourth-order valence-corrected chi connectivity index (χ4v) is 4.39. The lowest BCUT2D eigenvalue weighted by Gasteiger charge is -2.28. The average Bonchev–Trinajstić information content (AvgIpc) is 2.76. The molecule has 3 aromatic carbocycles. The third kappa shape index (κ3) is 8.15. The Balaban J connectivity index is 1.55. The minimum atomic E-state index is -0.895. The summed E-state index contributed by atoms with van der Waals surface area (Å²) in [5.41, 5.74) is 2.69. The van der Waals surface area contributed by atoms with Crippen molar-refractivity contribution in [2.24, 2.45) is 0 Å². The summed E-state index contributed by atoms with van der Waals surface area (Å²) in [5, 5.41) is 37.0. The number of amides is 1. The fraction of sp³-hybridized carbons (Fsp3) is 0.296. The number of benzene rings is 3. The molecule has 0 heterocycles. The van der Waals surface area contributed by atoms with E-state index < -0.39 is 6.10 Å². The van der Waals surface area contributed by atoms with E-state index >= 15 is 0 Å². The third-order valence-corrected chi connectivity index (χ3v) is 6.32. The van der Waals surface area contributed by atoms with Gasteiger partial charge in [-0.25, -0.2) is 0 Å². The van der Waals surface area contributed by atoms with Crippen molar-refractivity contribution in [1.82, 2.24) is 10.6 Å². The molecule has 0 aliphatic carbocycles. The third-order valence-electron chi connectivity index (χ3n) is 5.61. The average molecular weight is 517 g/mol. The summed E-state index contributed by atoms with van der Waals surface area (Å²) < 4.78 is 0. The Bertz CT molecular complexity index is 1140. The van der Waals surface area contributed by atoms with Crippen LogP contribution in [0.25, 0.3) is 0 Å². The Kier molecular flexibility index (Phi) is 9.03. The lowest BCUT2D eigenvalue weighted by atomic mass is 9.93. The Morgan fingerprint density at radius 1 is 0.943 bits per heavy atom. The molecule has 0 saturated carbocycles. The number of aliphatic hydroxyl groups is 1. The first-order valence-corrected chi connectivity index (χ1v) is 12.0. The molecule has 1 amide bonds. The lowest BCUT2D eigenvalue weighted by Crippen LogP contribution is -2.43. The Hall–Kier alpha value is -2.77. The van der Waals surface area contributed by atoms with Gasteiger partial charge < -0.3 is 26.0 Å². The standard InChI is InChI=1S/C27H30Cl2N2O4/c1-27(2,31-16-25(34)19-11-20(32)13-21(33)12-19)14-18-6-3-5-17(9-18)10-26(35)30-15-22-23(28)7-4-8-24(22)29/h3-9,11-13,25,31-34H,10,14-16H2,1-2H3,(H,30,35). The van der Waals surface area contributed by atoms with Crippen LogP contribution in [-0.2, 0) is 24.2 Å². The smallest absolute Gasteiger partial charge is 0.224 e. The first-order valence-electron chi connectivity index (χ1n) is 11.3. The molecular weight excluding hydrogens is 487 g/mol. The van der Waals surface area contributed by atoms with Crippen LogP contribution in [0.2, 0.25) is 10.0 Å². The number of phenols is 2. The van der Waals surface area contributed by atoms with Gasteiger partial charge in [-0.3, -0.25) is 4.79 Å². The predicted octanol–water partition coefficient (Wildman–Crippen LogP) is 4.91. The molecule has 0 aliphatic rings. The number of hydrogen-bond donors (Lipinski definition) is 5. The van der Waals surface area contributed by atoms with Crippen molar-refractivity contribution in [3.05, 3.63) is 93.0 Å². The first kappa shape index (κ1) is 26.8. The van der Waals surface area contributed by atoms with Crippen LogP contribution in [0.1, 0.15) is 42.2 Å². The molecule has 35 heavy (non-hydrogen) atoms. The van der Waals surface area contributed by atoms with E-state index in [0.717, 1.165) is 11.1 Å². The van der Waals surface area contributed by atoms with E-state index in [-0.39, 0.29) is 42.5 Å². The van der Waals surface area contributed by atoms with Crippen LogP contribution < -0.4 is 10.6 Å². The monoisotopic (exact) mass is 516 g/mol. The molecular formula is C27H30Cl2N2O4. The van der Waals surface area contributed by atoms with E-state index in [1.54, 1.807) is 18.2 Å². The van der Waals surface area contributed by atoms with Gasteiger partial charge in [0.05, 0.1) is 12.5 Å². The van der Waals surface area contributed by atoms with Crippen molar-refractivity contribution in [2.45, 2.75) is 44.9 Å².